The van der Waals surface area contributed by atoms with E-state index in [9.17, 15) is 22.7 Å². The van der Waals surface area contributed by atoms with Crippen LogP contribution in [0.25, 0.3) is 0 Å². The van der Waals surface area contributed by atoms with Crippen molar-refractivity contribution in [3.05, 3.63) is 35.9 Å². The normalized spacial score (nSPS) is 13.0. The van der Waals surface area contributed by atoms with Gasteiger partial charge in [-0.1, -0.05) is 115 Å². The van der Waals surface area contributed by atoms with Crippen molar-refractivity contribution >= 4 is 17.7 Å². The summed E-state index contributed by atoms with van der Waals surface area (Å²) in [7, 11) is -6.06. The van der Waals surface area contributed by atoms with Gasteiger partial charge in [-0.05, 0) is 18.4 Å². The lowest BCUT2D eigenvalue weighted by atomic mass is 10.1. The van der Waals surface area contributed by atoms with E-state index >= 15 is 0 Å². The van der Waals surface area contributed by atoms with Crippen LogP contribution >= 0.6 is 7.68 Å². The molecule has 2 atom stereocenters. The van der Waals surface area contributed by atoms with Gasteiger partial charge in [-0.2, -0.15) is 0 Å². The molecule has 0 aliphatic rings. The van der Waals surface area contributed by atoms with Crippen molar-refractivity contribution in [2.75, 3.05) is 19.0 Å². The molecule has 37 heavy (non-hydrogen) atoms. The minimum Gasteiger partial charge on any atom is -0.395 e. The molecule has 1 rings (SSSR count). The Morgan fingerprint density at radius 3 is 1.95 bits per heavy atom. The lowest BCUT2D eigenvalue weighted by molar-refractivity contribution is 0.0626. The predicted molar refractivity (Wildman–Crippen MR) is 150 cm³/mol. The van der Waals surface area contributed by atoms with Crippen molar-refractivity contribution < 1.29 is 32.5 Å². The molecular formula is C27H50NO7PS. The summed E-state index contributed by atoms with van der Waals surface area (Å²) >= 11 is 0. The molecule has 0 aromatic heterocycles. The highest BCUT2D eigenvalue weighted by Gasteiger charge is 2.16. The highest BCUT2D eigenvalue weighted by atomic mass is 32.2. The monoisotopic (exact) mass is 563 g/mol. The standard InChI is InChI=1S/C18H39NO3S.C9H11O4P/c1-3-5-7-9-10-11-12-14-16-23(21,22)19-18(17-20)15-13-8-6-4-2;10-9(14(11)12)7-13-6-8-4-2-1-3-5-8/h18-20H,3-17H2,1-2H3;1-5,9-10H,6-7H2. The first-order valence-electron chi connectivity index (χ1n) is 13.8. The zero-order valence-corrected chi connectivity index (χ0v) is 24.6. The van der Waals surface area contributed by atoms with Crippen LogP contribution in [0.1, 0.15) is 103 Å². The maximum absolute atomic E-state index is 12.0. The number of hydrogen-bond donors (Lipinski definition) is 3. The van der Waals surface area contributed by atoms with Crippen LogP contribution in [0, 0.1) is 0 Å². The minimum atomic E-state index is -3.25. The van der Waals surface area contributed by atoms with Crippen LogP contribution in [0.3, 0.4) is 0 Å². The Hall–Kier alpha value is -1.09. The van der Waals surface area contributed by atoms with Gasteiger partial charge in [-0.3, -0.25) is 0 Å². The summed E-state index contributed by atoms with van der Waals surface area (Å²) in [4.78, 5) is 0. The number of aliphatic hydroxyl groups excluding tert-OH is 2. The highest BCUT2D eigenvalue weighted by molar-refractivity contribution is 7.89. The molecule has 1 aromatic rings. The summed E-state index contributed by atoms with van der Waals surface area (Å²) in [5, 5.41) is 18.2. The lowest BCUT2D eigenvalue weighted by Crippen LogP contribution is -2.38. The van der Waals surface area contributed by atoms with Crippen LogP contribution in [0.5, 0.6) is 0 Å². The molecule has 0 heterocycles. The molecule has 0 aliphatic carbocycles. The van der Waals surface area contributed by atoms with Gasteiger partial charge in [0.2, 0.25) is 10.0 Å². The molecule has 216 valence electrons. The van der Waals surface area contributed by atoms with Crippen molar-refractivity contribution in [2.45, 2.75) is 116 Å². The summed E-state index contributed by atoms with van der Waals surface area (Å²) < 4.78 is 52.2. The van der Waals surface area contributed by atoms with Gasteiger partial charge in [-0.15, -0.1) is 0 Å². The van der Waals surface area contributed by atoms with Gasteiger partial charge in [-0.25, -0.2) is 22.3 Å². The SMILES string of the molecule is CCCCCCCCCCS(=O)(=O)NC(CO)CCCCCC.O=P(=O)C(O)COCc1ccccc1. The van der Waals surface area contributed by atoms with Crippen LogP contribution in [0.4, 0.5) is 0 Å². The van der Waals surface area contributed by atoms with Crippen molar-refractivity contribution in [1.29, 1.82) is 0 Å². The van der Waals surface area contributed by atoms with E-state index in [1.165, 1.54) is 38.5 Å². The fraction of sp³-hybridized carbons (Fsp3) is 0.778. The largest absolute Gasteiger partial charge is 0.395 e. The van der Waals surface area contributed by atoms with Gasteiger partial charge in [0, 0.05) is 6.04 Å². The number of nitrogens with one attached hydrogen (secondary N) is 1. The molecule has 8 nitrogen and oxygen atoms in total. The molecule has 1 aromatic carbocycles. The zero-order chi connectivity index (χ0) is 27.8. The van der Waals surface area contributed by atoms with E-state index < -0.39 is 23.5 Å². The van der Waals surface area contributed by atoms with Crippen LogP contribution in [0.2, 0.25) is 0 Å². The smallest absolute Gasteiger partial charge is 0.347 e. The zero-order valence-electron chi connectivity index (χ0n) is 22.9. The van der Waals surface area contributed by atoms with Gasteiger partial charge in [0.05, 0.1) is 25.6 Å². The van der Waals surface area contributed by atoms with E-state index in [-0.39, 0.29) is 25.0 Å². The maximum Gasteiger partial charge on any atom is 0.347 e. The van der Waals surface area contributed by atoms with Crippen LogP contribution in [-0.2, 0) is 30.5 Å². The van der Waals surface area contributed by atoms with E-state index in [1.54, 1.807) is 0 Å². The number of ether oxygens (including phenoxy) is 1. The van der Waals surface area contributed by atoms with Gasteiger partial charge in [0.15, 0.2) is 5.85 Å². The highest BCUT2D eigenvalue weighted by Crippen LogP contribution is 2.12. The van der Waals surface area contributed by atoms with Gasteiger partial charge in [0.1, 0.15) is 0 Å². The second-order valence-corrected chi connectivity index (χ2v) is 12.4. The van der Waals surface area contributed by atoms with Crippen molar-refractivity contribution in [3.8, 4) is 0 Å². The summed E-state index contributed by atoms with van der Waals surface area (Å²) in [6.45, 7) is 4.37. The first kappa shape index (κ1) is 35.9. The van der Waals surface area contributed by atoms with Gasteiger partial charge >= 0.3 is 7.68 Å². The molecule has 10 heteroatoms. The van der Waals surface area contributed by atoms with Crippen LogP contribution in [-0.4, -0.2) is 49.5 Å². The third-order valence-electron chi connectivity index (χ3n) is 5.86. The first-order chi connectivity index (χ1) is 17.8. The predicted octanol–water partition coefficient (Wildman–Crippen LogP) is 6.07. The van der Waals surface area contributed by atoms with Gasteiger partial charge < -0.3 is 14.9 Å². The topological polar surface area (TPSA) is 130 Å². The first-order valence-corrected chi connectivity index (χ1v) is 16.7. The molecule has 0 fully saturated rings. The van der Waals surface area contributed by atoms with E-state index in [0.29, 0.717) is 6.61 Å². The molecule has 0 bridgehead atoms. The second-order valence-electron chi connectivity index (χ2n) is 9.41. The summed E-state index contributed by atoms with van der Waals surface area (Å²) in [5.74, 6) is -1.22. The maximum atomic E-state index is 12.0. The van der Waals surface area contributed by atoms with Crippen molar-refractivity contribution in [2.24, 2.45) is 0 Å². The van der Waals surface area contributed by atoms with E-state index in [1.807, 2.05) is 30.3 Å². The van der Waals surface area contributed by atoms with Crippen LogP contribution < -0.4 is 4.72 Å². The molecule has 0 saturated carbocycles. The number of benzene rings is 1. The summed E-state index contributed by atoms with van der Waals surface area (Å²) in [6.07, 6.45) is 14.3. The molecule has 0 aliphatic heterocycles. The van der Waals surface area contributed by atoms with Crippen LogP contribution in [0.15, 0.2) is 30.3 Å². The molecular weight excluding hydrogens is 513 g/mol. The Labute approximate surface area is 225 Å². The number of unbranched alkanes of at least 4 members (excludes halogenated alkanes) is 10. The Morgan fingerprint density at radius 2 is 1.41 bits per heavy atom. The lowest BCUT2D eigenvalue weighted by Gasteiger charge is -2.16. The Balaban J connectivity index is 0.000000785. The number of sulfonamides is 1. The third-order valence-corrected chi connectivity index (χ3v) is 8.02. The van der Waals surface area contributed by atoms with Crippen molar-refractivity contribution in [3.63, 3.8) is 0 Å². The second kappa shape index (κ2) is 24.0. The van der Waals surface area contributed by atoms with E-state index in [0.717, 1.165) is 50.5 Å². The van der Waals surface area contributed by atoms with E-state index in [2.05, 4.69) is 18.6 Å². The quantitative estimate of drug-likeness (QED) is 0.115. The average Bonchev–Trinajstić information content (AvgIpc) is 2.88. The third kappa shape index (κ3) is 22.6. The molecule has 3 N–H and O–H groups in total. The number of hydrogen-bond acceptors (Lipinski definition) is 7. The minimum absolute atomic E-state index is 0.108. The summed E-state index contributed by atoms with van der Waals surface area (Å²) in [5.41, 5.74) is 0.945. The number of rotatable bonds is 22. The molecule has 0 spiro atoms. The molecule has 0 saturated heterocycles. The van der Waals surface area contributed by atoms with Crippen molar-refractivity contribution in [1.82, 2.24) is 4.72 Å². The fourth-order valence-electron chi connectivity index (χ4n) is 3.66. The molecule has 0 radical (unpaired) electrons. The Bertz CT molecular complexity index is 811. The average molecular weight is 564 g/mol. The van der Waals surface area contributed by atoms with E-state index in [4.69, 9.17) is 9.84 Å². The fourth-order valence-corrected chi connectivity index (χ4v) is 5.29. The number of aliphatic hydroxyl groups is 2. The molecule has 2 unspecified atom stereocenters. The summed E-state index contributed by atoms with van der Waals surface area (Å²) in [6, 6.07) is 9.03. The Kier molecular flexibility index (Phi) is 23.3. The van der Waals surface area contributed by atoms with Gasteiger partial charge in [0.25, 0.3) is 0 Å². The Morgan fingerprint density at radius 1 is 0.865 bits per heavy atom. The molecule has 0 amide bonds.